The molecule has 0 amide bonds. The molecule has 30 heavy (non-hydrogen) atoms. The van der Waals surface area contributed by atoms with Gasteiger partial charge >= 0.3 is 47.5 Å². The van der Waals surface area contributed by atoms with Gasteiger partial charge in [0.1, 0.15) is 6.04 Å². The van der Waals surface area contributed by atoms with E-state index in [0.29, 0.717) is 6.42 Å². The molecule has 0 aliphatic carbocycles. The van der Waals surface area contributed by atoms with Crippen molar-refractivity contribution in [2.24, 2.45) is 5.73 Å². The molecule has 0 saturated heterocycles. The van der Waals surface area contributed by atoms with Crippen molar-refractivity contribution in [1.29, 1.82) is 0 Å². The van der Waals surface area contributed by atoms with Gasteiger partial charge < -0.3 is 15.6 Å². The molecule has 0 rings (SSSR count). The Morgan fingerprint density at radius 3 is 1.53 bits per heavy atom. The number of carboxylic acid groups (broad SMARTS) is 1. The van der Waals surface area contributed by atoms with E-state index >= 15 is 0 Å². The molecule has 0 bridgehead atoms. The summed E-state index contributed by atoms with van der Waals surface area (Å²) in [5, 5.41) is 8.55. The van der Waals surface area contributed by atoms with Crippen LogP contribution >= 0.6 is 0 Å². The number of carbonyl (C=O) groups is 3. The molecule has 0 heterocycles. The van der Waals surface area contributed by atoms with E-state index in [1.807, 2.05) is 0 Å². The fourth-order valence-electron chi connectivity index (χ4n) is 3.28. The van der Waals surface area contributed by atoms with Crippen LogP contribution in [0.5, 0.6) is 0 Å². The van der Waals surface area contributed by atoms with Crippen molar-refractivity contribution < 1.29 is 24.2 Å². The number of hydrogen-bond acceptors (Lipinski definition) is 5. The third kappa shape index (κ3) is 22.3. The molecule has 1 atom stereocenters. The van der Waals surface area contributed by atoms with Crippen LogP contribution in [0.15, 0.2) is 0 Å². The average Bonchev–Trinajstić information content (AvgIpc) is 2.68. The van der Waals surface area contributed by atoms with Crippen LogP contribution in [0.25, 0.3) is 0 Å². The Morgan fingerprint density at radius 1 is 0.733 bits per heavy atom. The fraction of sp³-hybridized carbons (Fsp3) is 0.870. The molecule has 0 aliphatic rings. The van der Waals surface area contributed by atoms with Gasteiger partial charge in [-0.1, -0.05) is 96.8 Å². The topological polar surface area (TPSA) is 107 Å². The predicted octanol–water partition coefficient (Wildman–Crippen LogP) is 4.86. The first-order chi connectivity index (χ1) is 14.0. The van der Waals surface area contributed by atoms with Crippen molar-refractivity contribution >= 4 is 47.5 Å². The first-order valence-electron chi connectivity index (χ1n) is 11.7. The maximum atomic E-state index is 11.6. The zero-order valence-corrected chi connectivity index (χ0v) is 18.5. The van der Waals surface area contributed by atoms with Crippen molar-refractivity contribution in [2.75, 3.05) is 0 Å². The van der Waals surface area contributed by atoms with E-state index in [0.717, 1.165) is 12.8 Å². The summed E-state index contributed by atoms with van der Waals surface area (Å²) in [6.45, 7) is 2.25. The van der Waals surface area contributed by atoms with E-state index in [2.05, 4.69) is 11.7 Å². The number of unbranched alkanes of at least 4 members (excludes halogenated alkanes) is 14. The van der Waals surface area contributed by atoms with Gasteiger partial charge in [-0.3, -0.25) is 9.59 Å². The molecular weight excluding hydrogens is 393 g/mol. The van der Waals surface area contributed by atoms with Crippen LogP contribution in [0.2, 0.25) is 0 Å². The molecule has 0 aromatic carbocycles. The molecule has 6 nitrogen and oxygen atoms in total. The van der Waals surface area contributed by atoms with Gasteiger partial charge in [0.25, 0.3) is 0 Å². The number of ether oxygens (including phenoxy) is 1. The maximum absolute atomic E-state index is 11.6. The Balaban J connectivity index is 0. The molecule has 0 aromatic rings. The van der Waals surface area contributed by atoms with Crippen molar-refractivity contribution in [1.82, 2.24) is 0 Å². The molecule has 0 aromatic heterocycles. The van der Waals surface area contributed by atoms with E-state index in [-0.39, 0.29) is 48.8 Å². The van der Waals surface area contributed by atoms with Crippen molar-refractivity contribution in [3.05, 3.63) is 0 Å². The molecule has 0 spiro atoms. The summed E-state index contributed by atoms with van der Waals surface area (Å²) in [5.74, 6) is -2.44. The van der Waals surface area contributed by atoms with Crippen molar-refractivity contribution in [3.63, 3.8) is 0 Å². The summed E-state index contributed by atoms with van der Waals surface area (Å²) in [6.07, 6.45) is 18.7. The normalized spacial score (nSPS) is 11.5. The zero-order chi connectivity index (χ0) is 21.7. The summed E-state index contributed by atoms with van der Waals surface area (Å²) >= 11 is 0. The van der Waals surface area contributed by atoms with Crippen LogP contribution in [0, 0.1) is 0 Å². The van der Waals surface area contributed by atoms with E-state index in [9.17, 15) is 14.4 Å². The quantitative estimate of drug-likeness (QED) is 0.122. The van der Waals surface area contributed by atoms with E-state index in [1.54, 1.807) is 0 Å². The summed E-state index contributed by atoms with van der Waals surface area (Å²) < 4.78 is 4.67. The standard InChI is InChI=1S/C23H43NO5.Na.H/c1-2-3-4-5-6-7-8-9-10-11-12-13-14-15-16-17-22(27)29-23(28)20(24)18-19-21(25)26;;/h20H,2-19,24H2,1H3,(H,25,26);;. The van der Waals surface area contributed by atoms with Crippen LogP contribution in [-0.2, 0) is 19.1 Å². The third-order valence-electron chi connectivity index (χ3n) is 5.17. The van der Waals surface area contributed by atoms with Gasteiger partial charge in [0, 0.05) is 12.8 Å². The predicted molar refractivity (Wildman–Crippen MR) is 123 cm³/mol. The van der Waals surface area contributed by atoms with Gasteiger partial charge in [0.15, 0.2) is 0 Å². The summed E-state index contributed by atoms with van der Waals surface area (Å²) in [5.41, 5.74) is 5.51. The van der Waals surface area contributed by atoms with Crippen molar-refractivity contribution in [3.8, 4) is 0 Å². The zero-order valence-electron chi connectivity index (χ0n) is 18.5. The van der Waals surface area contributed by atoms with Crippen LogP contribution in [0.4, 0.5) is 0 Å². The van der Waals surface area contributed by atoms with Gasteiger partial charge in [0.2, 0.25) is 0 Å². The molecule has 7 heteroatoms. The third-order valence-corrected chi connectivity index (χ3v) is 5.17. The van der Waals surface area contributed by atoms with E-state index < -0.39 is 23.9 Å². The Bertz CT molecular complexity index is 445. The number of carbonyl (C=O) groups excluding carboxylic acids is 2. The van der Waals surface area contributed by atoms with Crippen LogP contribution in [-0.4, -0.2) is 58.6 Å². The number of carboxylic acids is 1. The van der Waals surface area contributed by atoms with Crippen LogP contribution in [0.3, 0.4) is 0 Å². The van der Waals surface area contributed by atoms with Gasteiger partial charge in [-0.05, 0) is 12.8 Å². The summed E-state index contributed by atoms with van der Waals surface area (Å²) in [4.78, 5) is 33.6. The molecule has 0 saturated carbocycles. The second-order valence-electron chi connectivity index (χ2n) is 8.03. The number of hydrogen-bond donors (Lipinski definition) is 2. The van der Waals surface area contributed by atoms with E-state index in [4.69, 9.17) is 10.8 Å². The van der Waals surface area contributed by atoms with Crippen LogP contribution < -0.4 is 5.73 Å². The Morgan fingerprint density at radius 2 is 1.13 bits per heavy atom. The SMILES string of the molecule is CCCCCCCCCCCCCCCCCC(=O)OC(=O)C(N)CCC(=O)O.[NaH]. The van der Waals surface area contributed by atoms with Crippen molar-refractivity contribution in [2.45, 2.75) is 129 Å². The number of rotatable bonds is 20. The van der Waals surface area contributed by atoms with Gasteiger partial charge in [-0.25, -0.2) is 4.79 Å². The minimum absolute atomic E-state index is 0. The second kappa shape index (κ2) is 23.2. The van der Waals surface area contributed by atoms with Gasteiger partial charge in [0.05, 0.1) is 0 Å². The molecular formula is C23H44NNaO5. The molecule has 3 N–H and O–H groups in total. The average molecular weight is 438 g/mol. The molecule has 0 fully saturated rings. The second-order valence-corrected chi connectivity index (χ2v) is 8.03. The van der Waals surface area contributed by atoms with Gasteiger partial charge in [-0.15, -0.1) is 0 Å². The first-order valence-corrected chi connectivity index (χ1v) is 11.7. The molecule has 1 unspecified atom stereocenters. The number of nitrogens with two attached hydrogens (primary N) is 1. The summed E-state index contributed by atoms with van der Waals surface area (Å²) in [6, 6.07) is -1.06. The van der Waals surface area contributed by atoms with Crippen LogP contribution in [0.1, 0.15) is 122 Å². The Labute approximate surface area is 205 Å². The molecule has 0 aliphatic heterocycles. The molecule has 172 valence electrons. The monoisotopic (exact) mass is 437 g/mol. The summed E-state index contributed by atoms with van der Waals surface area (Å²) in [7, 11) is 0. The first kappa shape index (κ1) is 31.8. The minimum atomic E-state index is -1.06. The number of aliphatic carboxylic acids is 1. The van der Waals surface area contributed by atoms with Gasteiger partial charge in [-0.2, -0.15) is 0 Å². The Kier molecular flexibility index (Phi) is 24.6. The van der Waals surface area contributed by atoms with E-state index in [1.165, 1.54) is 77.0 Å². The fourth-order valence-corrected chi connectivity index (χ4v) is 3.28. The molecule has 0 radical (unpaired) electrons. The number of esters is 2. The Hall–Kier alpha value is -0.430.